The summed E-state index contributed by atoms with van der Waals surface area (Å²) in [6.07, 6.45) is -0.262. The van der Waals surface area contributed by atoms with Gasteiger partial charge in [-0.25, -0.2) is 0 Å². The Hall–Kier alpha value is -2.03. The van der Waals surface area contributed by atoms with Gasteiger partial charge in [-0.3, -0.25) is 4.79 Å². The van der Waals surface area contributed by atoms with Crippen molar-refractivity contribution >= 4 is 16.7 Å². The molecule has 2 aromatic carbocycles. The summed E-state index contributed by atoms with van der Waals surface area (Å²) in [5.74, 6) is 0.362. The largest absolute Gasteiger partial charge is 0.489 e. The molecule has 18 heavy (non-hydrogen) atoms. The Labute approximate surface area is 106 Å². The van der Waals surface area contributed by atoms with Crippen LogP contribution in [0, 0.1) is 6.07 Å². The van der Waals surface area contributed by atoms with Gasteiger partial charge in [0.2, 0.25) is 0 Å². The van der Waals surface area contributed by atoms with E-state index in [-0.39, 0.29) is 12.1 Å². The number of carbonyl (C=O) groups excluding carboxylic acids is 1. The summed E-state index contributed by atoms with van der Waals surface area (Å²) in [6, 6.07) is 15.0. The molecule has 0 aliphatic heterocycles. The maximum atomic E-state index is 10.8. The van der Waals surface area contributed by atoms with Crippen molar-refractivity contribution in [1.29, 1.82) is 0 Å². The minimum Gasteiger partial charge on any atom is -0.489 e. The second kappa shape index (κ2) is 5.54. The molecule has 3 heteroatoms. The van der Waals surface area contributed by atoms with Gasteiger partial charge in [0.15, 0.2) is 0 Å². The van der Waals surface area contributed by atoms with Crippen LogP contribution in [-0.4, -0.2) is 18.7 Å². The lowest BCUT2D eigenvalue weighted by Gasteiger charge is -2.13. The smallest absolute Gasteiger partial charge is 0.303 e. The van der Waals surface area contributed by atoms with E-state index in [9.17, 15) is 4.79 Å². The Bertz CT molecular complexity index is 548. The standard InChI is InChI=1S/C15H15O3/c1-11(18-12(2)16)10-17-15-8-7-13-5-3-4-6-14(13)9-15/h3-8,11H,10H2,1-2H3. The molecule has 0 fully saturated rings. The summed E-state index contributed by atoms with van der Waals surface area (Å²) in [4.78, 5) is 10.8. The second-order valence-corrected chi connectivity index (χ2v) is 4.14. The summed E-state index contributed by atoms with van der Waals surface area (Å²) in [5.41, 5.74) is 0. The van der Waals surface area contributed by atoms with E-state index in [4.69, 9.17) is 9.47 Å². The third-order valence-corrected chi connectivity index (χ3v) is 2.47. The van der Waals surface area contributed by atoms with Gasteiger partial charge in [-0.2, -0.15) is 0 Å². The summed E-state index contributed by atoms with van der Waals surface area (Å²) < 4.78 is 10.5. The zero-order valence-electron chi connectivity index (χ0n) is 10.5. The molecule has 0 saturated carbocycles. The van der Waals surface area contributed by atoms with Gasteiger partial charge in [0.1, 0.15) is 18.5 Å². The molecule has 93 valence electrons. The number of carbonyl (C=O) groups is 1. The number of ether oxygens (including phenoxy) is 2. The van der Waals surface area contributed by atoms with Crippen LogP contribution in [-0.2, 0) is 9.53 Å². The van der Waals surface area contributed by atoms with Crippen molar-refractivity contribution in [2.24, 2.45) is 0 Å². The molecule has 1 unspecified atom stereocenters. The first-order chi connectivity index (χ1) is 8.65. The number of fused-ring (bicyclic) bond motifs is 1. The lowest BCUT2D eigenvalue weighted by atomic mass is 10.1. The van der Waals surface area contributed by atoms with Gasteiger partial charge in [-0.1, -0.05) is 30.3 Å². The summed E-state index contributed by atoms with van der Waals surface area (Å²) in [5, 5.41) is 2.13. The molecule has 0 aliphatic carbocycles. The monoisotopic (exact) mass is 243 g/mol. The van der Waals surface area contributed by atoms with Crippen molar-refractivity contribution in [2.45, 2.75) is 20.0 Å². The molecule has 3 nitrogen and oxygen atoms in total. The van der Waals surface area contributed by atoms with Gasteiger partial charge >= 0.3 is 5.97 Å². The maximum absolute atomic E-state index is 10.8. The van der Waals surface area contributed by atoms with Gasteiger partial charge in [0.05, 0.1) is 0 Å². The number of hydrogen-bond acceptors (Lipinski definition) is 3. The van der Waals surface area contributed by atoms with E-state index in [1.165, 1.54) is 6.92 Å². The fourth-order valence-electron chi connectivity index (χ4n) is 1.70. The van der Waals surface area contributed by atoms with Gasteiger partial charge < -0.3 is 9.47 Å². The first-order valence-corrected chi connectivity index (χ1v) is 5.86. The lowest BCUT2D eigenvalue weighted by Crippen LogP contribution is -2.20. The summed E-state index contributed by atoms with van der Waals surface area (Å²) in [7, 11) is 0. The third kappa shape index (κ3) is 3.23. The van der Waals surface area contributed by atoms with Crippen LogP contribution in [0.3, 0.4) is 0 Å². The van der Waals surface area contributed by atoms with Crippen LogP contribution in [0.15, 0.2) is 36.4 Å². The van der Waals surface area contributed by atoms with Crippen LogP contribution in [0.1, 0.15) is 13.8 Å². The predicted octanol–water partition coefficient (Wildman–Crippen LogP) is 2.97. The molecule has 0 N–H and O–H groups in total. The Balaban J connectivity index is 2.01. The zero-order valence-corrected chi connectivity index (χ0v) is 10.5. The number of hydrogen-bond donors (Lipinski definition) is 0. The lowest BCUT2D eigenvalue weighted by molar-refractivity contribution is -0.146. The fourth-order valence-corrected chi connectivity index (χ4v) is 1.70. The molecule has 0 heterocycles. The minimum atomic E-state index is -0.298. The van der Waals surface area contributed by atoms with Crippen LogP contribution in [0.25, 0.3) is 10.8 Å². The Morgan fingerprint density at radius 1 is 1.28 bits per heavy atom. The molecule has 0 aliphatic rings. The predicted molar refractivity (Wildman–Crippen MR) is 69.5 cm³/mol. The topological polar surface area (TPSA) is 35.5 Å². The van der Waals surface area contributed by atoms with E-state index in [1.54, 1.807) is 6.92 Å². The molecule has 2 aromatic rings. The molecule has 1 radical (unpaired) electrons. The van der Waals surface area contributed by atoms with Crippen LogP contribution >= 0.6 is 0 Å². The average molecular weight is 243 g/mol. The molecule has 0 amide bonds. The van der Waals surface area contributed by atoms with Crippen molar-refractivity contribution in [2.75, 3.05) is 6.61 Å². The van der Waals surface area contributed by atoms with Crippen molar-refractivity contribution in [1.82, 2.24) is 0 Å². The maximum Gasteiger partial charge on any atom is 0.303 e. The molecule has 0 saturated heterocycles. The quantitative estimate of drug-likeness (QED) is 0.774. The van der Waals surface area contributed by atoms with Crippen LogP contribution in [0.5, 0.6) is 5.75 Å². The third-order valence-electron chi connectivity index (χ3n) is 2.47. The molecule has 0 aromatic heterocycles. The van der Waals surface area contributed by atoms with Crippen LogP contribution in [0.4, 0.5) is 0 Å². The molecular weight excluding hydrogens is 228 g/mol. The summed E-state index contributed by atoms with van der Waals surface area (Å²) in [6.45, 7) is 3.51. The van der Waals surface area contributed by atoms with E-state index in [0.717, 1.165) is 10.8 Å². The van der Waals surface area contributed by atoms with E-state index < -0.39 is 0 Å². The highest BCUT2D eigenvalue weighted by atomic mass is 16.6. The van der Waals surface area contributed by atoms with Crippen molar-refractivity contribution in [3.05, 3.63) is 42.5 Å². The Kier molecular flexibility index (Phi) is 3.82. The van der Waals surface area contributed by atoms with E-state index in [0.29, 0.717) is 12.4 Å². The highest BCUT2D eigenvalue weighted by molar-refractivity contribution is 5.83. The van der Waals surface area contributed by atoms with E-state index in [2.05, 4.69) is 6.07 Å². The van der Waals surface area contributed by atoms with E-state index >= 15 is 0 Å². The Morgan fingerprint density at radius 3 is 2.83 bits per heavy atom. The van der Waals surface area contributed by atoms with Gasteiger partial charge in [0.25, 0.3) is 0 Å². The van der Waals surface area contributed by atoms with Crippen LogP contribution in [0.2, 0.25) is 0 Å². The molecule has 1 atom stereocenters. The number of benzene rings is 2. The van der Waals surface area contributed by atoms with Gasteiger partial charge in [0, 0.05) is 13.0 Å². The molecule has 0 bridgehead atoms. The summed E-state index contributed by atoms with van der Waals surface area (Å²) >= 11 is 0. The first-order valence-electron chi connectivity index (χ1n) is 5.86. The number of esters is 1. The van der Waals surface area contributed by atoms with Gasteiger partial charge in [-0.15, -0.1) is 0 Å². The molecular formula is C15H15O3. The fraction of sp³-hybridized carbons (Fsp3) is 0.267. The molecule has 2 rings (SSSR count). The van der Waals surface area contributed by atoms with Gasteiger partial charge in [-0.05, 0) is 23.8 Å². The second-order valence-electron chi connectivity index (χ2n) is 4.14. The zero-order chi connectivity index (χ0) is 13.0. The minimum absolute atomic E-state index is 0.262. The highest BCUT2D eigenvalue weighted by Crippen LogP contribution is 2.19. The highest BCUT2D eigenvalue weighted by Gasteiger charge is 2.06. The van der Waals surface area contributed by atoms with Crippen molar-refractivity contribution in [3.63, 3.8) is 0 Å². The van der Waals surface area contributed by atoms with Crippen molar-refractivity contribution in [3.8, 4) is 5.75 Å². The average Bonchev–Trinajstić information content (AvgIpc) is 2.35. The normalized spacial score (nSPS) is 12.1. The van der Waals surface area contributed by atoms with Crippen molar-refractivity contribution < 1.29 is 14.3 Å². The Morgan fingerprint density at radius 2 is 2.06 bits per heavy atom. The SMILES string of the molecule is CC(=O)OC(C)COc1[c]c2ccccc2cc1. The first kappa shape index (κ1) is 12.4. The van der Waals surface area contributed by atoms with Crippen LogP contribution < -0.4 is 4.74 Å². The number of rotatable bonds is 4. The van der Waals surface area contributed by atoms with E-state index in [1.807, 2.05) is 36.4 Å². The molecule has 0 spiro atoms.